The molecule has 1 aromatic carbocycles. The highest BCUT2D eigenvalue weighted by molar-refractivity contribution is 9.10. The maximum atomic E-state index is 10.5. The van der Waals surface area contributed by atoms with Crippen LogP contribution >= 0.6 is 15.9 Å². The zero-order valence-corrected chi connectivity index (χ0v) is 12.7. The molecule has 5 nitrogen and oxygen atoms in total. The van der Waals surface area contributed by atoms with Crippen LogP contribution in [0.2, 0.25) is 0 Å². The van der Waals surface area contributed by atoms with Crippen LogP contribution in [0.25, 0.3) is 0 Å². The lowest BCUT2D eigenvalue weighted by atomic mass is 10.1. The van der Waals surface area contributed by atoms with Gasteiger partial charge in [0, 0.05) is 6.42 Å². The molecular weight excluding hydrogens is 316 g/mol. The Balaban J connectivity index is 3.08. The van der Waals surface area contributed by atoms with Crippen molar-refractivity contribution in [3.05, 3.63) is 16.1 Å². The van der Waals surface area contributed by atoms with Crippen LogP contribution < -0.4 is 14.2 Å². The maximum absolute atomic E-state index is 10.5. The van der Waals surface area contributed by atoms with E-state index >= 15 is 0 Å². The van der Waals surface area contributed by atoms with Crippen LogP contribution in [0.1, 0.15) is 18.4 Å². The molecule has 1 N–H and O–H groups in total. The number of aliphatic carboxylic acids is 1. The largest absolute Gasteiger partial charge is 0.495 e. The number of hydrogen-bond acceptors (Lipinski definition) is 4. The fourth-order valence-electron chi connectivity index (χ4n) is 1.82. The number of halogens is 1. The molecule has 0 bridgehead atoms. The van der Waals surface area contributed by atoms with Crippen LogP contribution in [0.15, 0.2) is 10.5 Å². The van der Waals surface area contributed by atoms with Gasteiger partial charge in [-0.2, -0.15) is 0 Å². The number of rotatable bonds is 7. The van der Waals surface area contributed by atoms with E-state index in [1.165, 1.54) is 0 Å². The van der Waals surface area contributed by atoms with Gasteiger partial charge in [0.05, 0.1) is 21.3 Å². The molecule has 0 aliphatic rings. The molecule has 0 spiro atoms. The van der Waals surface area contributed by atoms with Crippen molar-refractivity contribution in [1.82, 2.24) is 0 Å². The van der Waals surface area contributed by atoms with E-state index in [1.807, 2.05) is 6.07 Å². The molecule has 106 valence electrons. The number of benzene rings is 1. The minimum absolute atomic E-state index is 0.120. The van der Waals surface area contributed by atoms with E-state index in [2.05, 4.69) is 15.9 Å². The molecule has 1 aromatic rings. The van der Waals surface area contributed by atoms with Crippen molar-refractivity contribution in [1.29, 1.82) is 0 Å². The van der Waals surface area contributed by atoms with E-state index in [9.17, 15) is 4.79 Å². The van der Waals surface area contributed by atoms with Crippen LogP contribution in [0.3, 0.4) is 0 Å². The van der Waals surface area contributed by atoms with Gasteiger partial charge in [-0.3, -0.25) is 4.79 Å². The quantitative estimate of drug-likeness (QED) is 0.831. The normalized spacial score (nSPS) is 10.1. The zero-order valence-electron chi connectivity index (χ0n) is 11.2. The summed E-state index contributed by atoms with van der Waals surface area (Å²) >= 11 is 3.42. The summed E-state index contributed by atoms with van der Waals surface area (Å²) in [7, 11) is 4.66. The minimum atomic E-state index is -0.807. The van der Waals surface area contributed by atoms with Gasteiger partial charge in [0.1, 0.15) is 10.2 Å². The van der Waals surface area contributed by atoms with E-state index in [0.29, 0.717) is 34.6 Å². The standard InChI is InChI=1S/C13H17BrO5/c1-17-9-7-8(5-4-6-10(15)16)12(18-2)11(14)13(9)19-3/h7H,4-6H2,1-3H3,(H,15,16). The Labute approximate surface area is 120 Å². The molecule has 0 radical (unpaired) electrons. The van der Waals surface area contributed by atoms with Gasteiger partial charge in [-0.25, -0.2) is 0 Å². The molecule has 0 unspecified atom stereocenters. The first-order valence-electron chi connectivity index (χ1n) is 5.74. The molecule has 0 saturated heterocycles. The highest BCUT2D eigenvalue weighted by Gasteiger charge is 2.18. The number of carboxylic acid groups (broad SMARTS) is 1. The maximum Gasteiger partial charge on any atom is 0.303 e. The first-order chi connectivity index (χ1) is 9.04. The highest BCUT2D eigenvalue weighted by Crippen LogP contribution is 2.44. The van der Waals surface area contributed by atoms with Gasteiger partial charge in [0.2, 0.25) is 0 Å². The average Bonchev–Trinajstić information content (AvgIpc) is 2.37. The first-order valence-corrected chi connectivity index (χ1v) is 6.53. The predicted molar refractivity (Wildman–Crippen MR) is 74.4 cm³/mol. The van der Waals surface area contributed by atoms with Gasteiger partial charge >= 0.3 is 5.97 Å². The number of hydrogen-bond donors (Lipinski definition) is 1. The van der Waals surface area contributed by atoms with Gasteiger partial charge in [-0.05, 0) is 40.4 Å². The Hall–Kier alpha value is -1.43. The summed E-state index contributed by atoms with van der Waals surface area (Å²) in [6.07, 6.45) is 1.25. The Morgan fingerprint density at radius 2 is 1.84 bits per heavy atom. The number of methoxy groups -OCH3 is 3. The lowest BCUT2D eigenvalue weighted by Crippen LogP contribution is -2.01. The van der Waals surface area contributed by atoms with Gasteiger partial charge in [0.15, 0.2) is 11.5 Å². The topological polar surface area (TPSA) is 65.0 Å². The molecule has 0 heterocycles. The van der Waals surface area contributed by atoms with Crippen LogP contribution in [0.5, 0.6) is 17.2 Å². The third-order valence-electron chi connectivity index (χ3n) is 2.68. The molecule has 0 aromatic heterocycles. The van der Waals surface area contributed by atoms with Gasteiger partial charge < -0.3 is 19.3 Å². The van der Waals surface area contributed by atoms with Crippen molar-refractivity contribution < 1.29 is 24.1 Å². The molecule has 1 rings (SSSR count). The smallest absolute Gasteiger partial charge is 0.303 e. The number of carboxylic acids is 1. The Morgan fingerprint density at radius 3 is 2.32 bits per heavy atom. The van der Waals surface area contributed by atoms with Crippen LogP contribution in [0, 0.1) is 0 Å². The Morgan fingerprint density at radius 1 is 1.21 bits per heavy atom. The first kappa shape index (κ1) is 15.6. The number of ether oxygens (including phenoxy) is 3. The molecule has 0 atom stereocenters. The van der Waals surface area contributed by atoms with E-state index in [1.54, 1.807) is 21.3 Å². The SMILES string of the molecule is COc1cc(CCCC(=O)O)c(OC)c(Br)c1OC. The highest BCUT2D eigenvalue weighted by atomic mass is 79.9. The van der Waals surface area contributed by atoms with Crippen molar-refractivity contribution in [2.24, 2.45) is 0 Å². The molecule has 0 aliphatic heterocycles. The van der Waals surface area contributed by atoms with Crippen molar-refractivity contribution in [2.75, 3.05) is 21.3 Å². The van der Waals surface area contributed by atoms with E-state index in [-0.39, 0.29) is 6.42 Å². The lowest BCUT2D eigenvalue weighted by Gasteiger charge is -2.16. The van der Waals surface area contributed by atoms with Crippen LogP contribution in [-0.4, -0.2) is 32.4 Å². The van der Waals surface area contributed by atoms with Crippen LogP contribution in [-0.2, 0) is 11.2 Å². The molecule has 0 amide bonds. The summed E-state index contributed by atoms with van der Waals surface area (Å²) in [4.78, 5) is 10.5. The zero-order chi connectivity index (χ0) is 14.4. The Bertz CT molecular complexity index is 459. The average molecular weight is 333 g/mol. The van der Waals surface area contributed by atoms with Crippen molar-refractivity contribution in [2.45, 2.75) is 19.3 Å². The fourth-order valence-corrected chi connectivity index (χ4v) is 2.59. The summed E-state index contributed by atoms with van der Waals surface area (Å²) in [5.74, 6) is 0.975. The Kier molecular flexibility index (Phi) is 5.95. The number of aryl methyl sites for hydroxylation is 1. The molecular formula is C13H17BrO5. The predicted octanol–water partition coefficient (Wildman–Crippen LogP) is 2.88. The summed E-state index contributed by atoms with van der Waals surface area (Å²) < 4.78 is 16.5. The summed E-state index contributed by atoms with van der Waals surface area (Å²) in [5.41, 5.74) is 0.883. The van der Waals surface area contributed by atoms with Gasteiger partial charge in [-0.15, -0.1) is 0 Å². The number of carbonyl (C=O) groups is 1. The summed E-state index contributed by atoms with van der Waals surface area (Å²) in [6.45, 7) is 0. The molecule has 0 fully saturated rings. The minimum Gasteiger partial charge on any atom is -0.495 e. The van der Waals surface area contributed by atoms with E-state index in [4.69, 9.17) is 19.3 Å². The molecule has 0 saturated carbocycles. The van der Waals surface area contributed by atoms with E-state index < -0.39 is 5.97 Å². The third kappa shape index (κ3) is 3.76. The van der Waals surface area contributed by atoms with Crippen LogP contribution in [0.4, 0.5) is 0 Å². The second-order valence-electron chi connectivity index (χ2n) is 3.87. The fraction of sp³-hybridized carbons (Fsp3) is 0.462. The summed E-state index contributed by atoms with van der Waals surface area (Å²) in [6, 6.07) is 1.81. The van der Waals surface area contributed by atoms with E-state index in [0.717, 1.165) is 5.56 Å². The lowest BCUT2D eigenvalue weighted by molar-refractivity contribution is -0.137. The summed E-state index contributed by atoms with van der Waals surface area (Å²) in [5, 5.41) is 8.67. The molecule has 6 heteroatoms. The monoisotopic (exact) mass is 332 g/mol. The van der Waals surface area contributed by atoms with Crippen molar-refractivity contribution >= 4 is 21.9 Å². The van der Waals surface area contributed by atoms with Crippen molar-refractivity contribution in [3.63, 3.8) is 0 Å². The molecule has 19 heavy (non-hydrogen) atoms. The van der Waals surface area contributed by atoms with Gasteiger partial charge in [0.25, 0.3) is 0 Å². The second kappa shape index (κ2) is 7.23. The third-order valence-corrected chi connectivity index (χ3v) is 3.40. The van der Waals surface area contributed by atoms with Crippen molar-refractivity contribution in [3.8, 4) is 17.2 Å². The second-order valence-corrected chi connectivity index (χ2v) is 4.66. The van der Waals surface area contributed by atoms with Gasteiger partial charge in [-0.1, -0.05) is 0 Å². The molecule has 0 aliphatic carbocycles.